The molecule has 1 amide bonds. The van der Waals surface area contributed by atoms with E-state index in [0.29, 0.717) is 12.5 Å². The second-order valence-electron chi connectivity index (χ2n) is 6.90. The van der Waals surface area contributed by atoms with E-state index >= 15 is 0 Å². The zero-order valence-corrected chi connectivity index (χ0v) is 13.3. The number of amides is 1. The van der Waals surface area contributed by atoms with E-state index in [1.54, 1.807) is 4.90 Å². The molecule has 4 atom stereocenters. The van der Waals surface area contributed by atoms with Gasteiger partial charge in [0.2, 0.25) is 5.91 Å². The number of fused-ring (bicyclic) bond motifs is 1. The molecule has 4 unspecified atom stereocenters. The molecule has 1 N–H and O–H groups in total. The molecule has 3 heteroatoms. The van der Waals surface area contributed by atoms with Crippen molar-refractivity contribution in [2.45, 2.75) is 51.6 Å². The summed E-state index contributed by atoms with van der Waals surface area (Å²) in [5.74, 6) is 1.81. The van der Waals surface area contributed by atoms with Crippen LogP contribution in [0.4, 0.5) is 5.69 Å². The number of hydrogen-bond donors (Lipinski definition) is 1. The average molecular weight is 286 g/mol. The largest absolute Gasteiger partial charge is 0.315 e. The van der Waals surface area contributed by atoms with Gasteiger partial charge in [-0.1, -0.05) is 32.0 Å². The number of rotatable bonds is 2. The van der Waals surface area contributed by atoms with Crippen LogP contribution in [0.5, 0.6) is 0 Å². The van der Waals surface area contributed by atoms with Crippen LogP contribution in [-0.4, -0.2) is 19.0 Å². The van der Waals surface area contributed by atoms with Gasteiger partial charge in [0.05, 0.1) is 0 Å². The molecule has 1 aliphatic carbocycles. The van der Waals surface area contributed by atoms with Gasteiger partial charge in [0.15, 0.2) is 0 Å². The first kappa shape index (κ1) is 14.6. The molecule has 1 saturated carbocycles. The summed E-state index contributed by atoms with van der Waals surface area (Å²) in [5, 5.41) is 3.77. The van der Waals surface area contributed by atoms with E-state index in [9.17, 15) is 4.79 Å². The average Bonchev–Trinajstić information content (AvgIpc) is 2.48. The SMILES string of the molecule is CC1CCC(NC2CC(=O)N(C)c3ccccc32)CC1C. The quantitative estimate of drug-likeness (QED) is 0.902. The van der Waals surface area contributed by atoms with Crippen LogP contribution >= 0.6 is 0 Å². The Bertz CT molecular complexity index is 528. The van der Waals surface area contributed by atoms with Crippen LogP contribution in [0.25, 0.3) is 0 Å². The highest BCUT2D eigenvalue weighted by Gasteiger charge is 2.32. The van der Waals surface area contributed by atoms with E-state index in [0.717, 1.165) is 17.5 Å². The molecule has 0 spiro atoms. The van der Waals surface area contributed by atoms with Gasteiger partial charge in [-0.15, -0.1) is 0 Å². The standard InChI is InChI=1S/C18H26N2O/c1-12-8-9-14(10-13(12)2)19-16-11-18(21)20(3)17-7-5-4-6-15(16)17/h4-7,12-14,16,19H,8-11H2,1-3H3. The van der Waals surface area contributed by atoms with Crippen LogP contribution in [0, 0.1) is 11.8 Å². The third-order valence-electron chi connectivity index (χ3n) is 5.46. The normalized spacial score (nSPS) is 32.9. The summed E-state index contributed by atoms with van der Waals surface area (Å²) in [6.45, 7) is 4.71. The van der Waals surface area contributed by atoms with Crippen molar-refractivity contribution in [3.63, 3.8) is 0 Å². The van der Waals surface area contributed by atoms with E-state index in [1.165, 1.54) is 24.8 Å². The molecule has 1 aliphatic heterocycles. The Hall–Kier alpha value is -1.35. The summed E-state index contributed by atoms with van der Waals surface area (Å²) >= 11 is 0. The van der Waals surface area contributed by atoms with Crippen molar-refractivity contribution < 1.29 is 4.79 Å². The molecule has 2 aliphatic rings. The Kier molecular flexibility index (Phi) is 4.03. The van der Waals surface area contributed by atoms with Crippen LogP contribution in [0.1, 0.15) is 51.1 Å². The molecule has 3 nitrogen and oxygen atoms in total. The summed E-state index contributed by atoms with van der Waals surface area (Å²) in [6, 6.07) is 9.01. The molecule has 21 heavy (non-hydrogen) atoms. The second-order valence-corrected chi connectivity index (χ2v) is 6.90. The Morgan fingerprint density at radius 1 is 1.14 bits per heavy atom. The summed E-state index contributed by atoms with van der Waals surface area (Å²) in [5.41, 5.74) is 2.33. The van der Waals surface area contributed by atoms with E-state index in [4.69, 9.17) is 0 Å². The van der Waals surface area contributed by atoms with Crippen LogP contribution in [0.2, 0.25) is 0 Å². The van der Waals surface area contributed by atoms with E-state index in [-0.39, 0.29) is 11.9 Å². The van der Waals surface area contributed by atoms with Gasteiger partial charge >= 0.3 is 0 Å². The molecule has 0 bridgehead atoms. The highest BCUT2D eigenvalue weighted by Crippen LogP contribution is 2.36. The number of para-hydroxylation sites is 1. The maximum absolute atomic E-state index is 12.2. The van der Waals surface area contributed by atoms with Gasteiger partial charge in [-0.2, -0.15) is 0 Å². The first-order valence-corrected chi connectivity index (χ1v) is 8.17. The van der Waals surface area contributed by atoms with Crippen molar-refractivity contribution in [2.24, 2.45) is 11.8 Å². The lowest BCUT2D eigenvalue weighted by Crippen LogP contribution is -2.43. The lowest BCUT2D eigenvalue weighted by molar-refractivity contribution is -0.119. The van der Waals surface area contributed by atoms with Crippen molar-refractivity contribution in [3.05, 3.63) is 29.8 Å². The molecule has 1 fully saturated rings. The Morgan fingerprint density at radius 3 is 2.67 bits per heavy atom. The van der Waals surface area contributed by atoms with Gasteiger partial charge in [-0.3, -0.25) is 4.79 Å². The number of carbonyl (C=O) groups is 1. The molecular formula is C18H26N2O. The molecular weight excluding hydrogens is 260 g/mol. The third-order valence-corrected chi connectivity index (χ3v) is 5.46. The van der Waals surface area contributed by atoms with Gasteiger partial charge in [-0.05, 0) is 42.7 Å². The van der Waals surface area contributed by atoms with Gasteiger partial charge < -0.3 is 10.2 Å². The molecule has 1 heterocycles. The lowest BCUT2D eigenvalue weighted by atomic mass is 9.78. The van der Waals surface area contributed by atoms with Gasteiger partial charge in [0.1, 0.15) is 0 Å². The first-order chi connectivity index (χ1) is 10.1. The smallest absolute Gasteiger partial charge is 0.228 e. The van der Waals surface area contributed by atoms with Gasteiger partial charge in [-0.25, -0.2) is 0 Å². The predicted octanol–water partition coefficient (Wildman–Crippen LogP) is 3.51. The summed E-state index contributed by atoms with van der Waals surface area (Å²) in [7, 11) is 1.88. The molecule has 114 valence electrons. The summed E-state index contributed by atoms with van der Waals surface area (Å²) < 4.78 is 0. The molecule has 1 aromatic rings. The molecule has 3 rings (SSSR count). The number of anilines is 1. The monoisotopic (exact) mass is 286 g/mol. The molecule has 0 aromatic heterocycles. The number of carbonyl (C=O) groups excluding carboxylic acids is 1. The van der Waals surface area contributed by atoms with Gasteiger partial charge in [0.25, 0.3) is 0 Å². The molecule has 0 saturated heterocycles. The first-order valence-electron chi connectivity index (χ1n) is 8.17. The maximum Gasteiger partial charge on any atom is 0.228 e. The number of nitrogens with one attached hydrogen (secondary N) is 1. The van der Waals surface area contributed by atoms with E-state index in [1.807, 2.05) is 19.2 Å². The highest BCUT2D eigenvalue weighted by molar-refractivity contribution is 5.96. The van der Waals surface area contributed by atoms with Crippen LogP contribution in [0.15, 0.2) is 24.3 Å². The van der Waals surface area contributed by atoms with Crippen molar-refractivity contribution >= 4 is 11.6 Å². The number of nitrogens with zero attached hydrogens (tertiary/aromatic N) is 1. The van der Waals surface area contributed by atoms with Crippen LogP contribution in [-0.2, 0) is 4.79 Å². The Labute approximate surface area is 127 Å². The van der Waals surface area contributed by atoms with Crippen LogP contribution < -0.4 is 10.2 Å². The van der Waals surface area contributed by atoms with E-state index in [2.05, 4.69) is 31.3 Å². The lowest BCUT2D eigenvalue weighted by Gasteiger charge is -2.38. The maximum atomic E-state index is 12.2. The minimum Gasteiger partial charge on any atom is -0.315 e. The fraction of sp³-hybridized carbons (Fsp3) is 0.611. The van der Waals surface area contributed by atoms with E-state index < -0.39 is 0 Å². The number of benzene rings is 1. The summed E-state index contributed by atoms with van der Waals surface area (Å²) in [4.78, 5) is 14.0. The Balaban J connectivity index is 1.77. The molecule has 1 aromatic carbocycles. The highest BCUT2D eigenvalue weighted by atomic mass is 16.2. The molecule has 0 radical (unpaired) electrons. The fourth-order valence-corrected chi connectivity index (χ4v) is 3.78. The predicted molar refractivity (Wildman–Crippen MR) is 86.3 cm³/mol. The minimum atomic E-state index is 0.176. The fourth-order valence-electron chi connectivity index (χ4n) is 3.78. The number of hydrogen-bond acceptors (Lipinski definition) is 2. The van der Waals surface area contributed by atoms with Gasteiger partial charge in [0, 0.05) is 31.2 Å². The zero-order chi connectivity index (χ0) is 15.0. The summed E-state index contributed by atoms with van der Waals surface area (Å²) in [6.07, 6.45) is 4.33. The zero-order valence-electron chi connectivity index (χ0n) is 13.3. The van der Waals surface area contributed by atoms with Crippen molar-refractivity contribution in [1.29, 1.82) is 0 Å². The minimum absolute atomic E-state index is 0.176. The van der Waals surface area contributed by atoms with Crippen molar-refractivity contribution in [1.82, 2.24) is 5.32 Å². The topological polar surface area (TPSA) is 32.3 Å². The third kappa shape index (κ3) is 2.84. The van der Waals surface area contributed by atoms with Crippen molar-refractivity contribution in [3.8, 4) is 0 Å². The van der Waals surface area contributed by atoms with Crippen LogP contribution in [0.3, 0.4) is 0 Å². The Morgan fingerprint density at radius 2 is 1.90 bits per heavy atom. The second kappa shape index (κ2) is 5.80. The van der Waals surface area contributed by atoms with Crippen molar-refractivity contribution in [2.75, 3.05) is 11.9 Å².